The number of benzene rings is 1. The number of nitrogens with zero attached hydrogens (tertiary/aromatic N) is 1. The quantitative estimate of drug-likeness (QED) is 0.811. The fraction of sp³-hybridized carbons (Fsp3) is 0.364. The second-order valence-corrected chi connectivity index (χ2v) is 5.98. The smallest absolute Gasteiger partial charge is 0.147 e. The highest BCUT2D eigenvalue weighted by Crippen LogP contribution is 2.13. The van der Waals surface area contributed by atoms with Crippen LogP contribution in [0.3, 0.4) is 0 Å². The molecule has 0 unspecified atom stereocenters. The van der Waals surface area contributed by atoms with Crippen molar-refractivity contribution in [3.63, 3.8) is 0 Å². The van der Waals surface area contributed by atoms with Gasteiger partial charge in [0.25, 0.3) is 0 Å². The Kier molecular flexibility index (Phi) is 4.46. The van der Waals surface area contributed by atoms with Crippen LogP contribution in [-0.2, 0) is 9.84 Å². The van der Waals surface area contributed by atoms with Crippen molar-refractivity contribution in [2.75, 3.05) is 23.9 Å². The number of rotatable bonds is 5. The van der Waals surface area contributed by atoms with Crippen molar-refractivity contribution in [2.24, 2.45) is 0 Å². The minimum Gasteiger partial charge on any atom is -0.385 e. The summed E-state index contributed by atoms with van der Waals surface area (Å²) in [4.78, 5) is 0. The maximum absolute atomic E-state index is 13.2. The second-order valence-electron chi connectivity index (χ2n) is 3.72. The Hall–Kier alpha value is -1.61. The zero-order valence-corrected chi connectivity index (χ0v) is 10.2. The van der Waals surface area contributed by atoms with E-state index in [1.807, 2.05) is 0 Å². The highest BCUT2D eigenvalue weighted by atomic mass is 32.2. The summed E-state index contributed by atoms with van der Waals surface area (Å²) in [5, 5.41) is 11.4. The molecular weight excluding hydrogens is 243 g/mol. The van der Waals surface area contributed by atoms with Crippen molar-refractivity contribution < 1.29 is 12.8 Å². The third kappa shape index (κ3) is 4.83. The van der Waals surface area contributed by atoms with E-state index in [-0.39, 0.29) is 11.3 Å². The van der Waals surface area contributed by atoms with Crippen LogP contribution in [0.25, 0.3) is 0 Å². The standard InChI is InChI=1S/C11H13FN2O2S/c1-17(15,16)6-2-5-14-10-4-3-9(8-13)11(12)7-10/h3-4,7,14H,2,5-6H2,1H3. The molecule has 0 aliphatic heterocycles. The van der Waals surface area contributed by atoms with Gasteiger partial charge in [0, 0.05) is 18.5 Å². The molecule has 1 aromatic carbocycles. The monoisotopic (exact) mass is 256 g/mol. The topological polar surface area (TPSA) is 70.0 Å². The molecule has 1 rings (SSSR count). The fourth-order valence-corrected chi connectivity index (χ4v) is 1.95. The lowest BCUT2D eigenvalue weighted by Crippen LogP contribution is -2.09. The number of halogens is 1. The van der Waals surface area contributed by atoms with Gasteiger partial charge >= 0.3 is 0 Å². The summed E-state index contributed by atoms with van der Waals surface area (Å²) in [6, 6.07) is 5.92. The van der Waals surface area contributed by atoms with Crippen molar-refractivity contribution in [1.29, 1.82) is 5.26 Å². The van der Waals surface area contributed by atoms with Gasteiger partial charge in [0.05, 0.1) is 11.3 Å². The molecule has 0 spiro atoms. The van der Waals surface area contributed by atoms with Gasteiger partial charge in [-0.05, 0) is 24.6 Å². The predicted octanol–water partition coefficient (Wildman–Crippen LogP) is 1.54. The first-order valence-electron chi connectivity index (χ1n) is 5.03. The minimum absolute atomic E-state index is 0.00770. The summed E-state index contributed by atoms with van der Waals surface area (Å²) in [7, 11) is -2.95. The minimum atomic E-state index is -2.95. The fourth-order valence-electron chi connectivity index (χ4n) is 1.28. The lowest BCUT2D eigenvalue weighted by Gasteiger charge is -2.06. The third-order valence-corrected chi connectivity index (χ3v) is 3.14. The van der Waals surface area contributed by atoms with Gasteiger partial charge in [-0.15, -0.1) is 0 Å². The van der Waals surface area contributed by atoms with Crippen molar-refractivity contribution >= 4 is 15.5 Å². The van der Waals surface area contributed by atoms with Gasteiger partial charge in [0.2, 0.25) is 0 Å². The van der Waals surface area contributed by atoms with E-state index < -0.39 is 15.7 Å². The van der Waals surface area contributed by atoms with Gasteiger partial charge < -0.3 is 5.32 Å². The van der Waals surface area contributed by atoms with Crippen LogP contribution in [0, 0.1) is 17.1 Å². The summed E-state index contributed by atoms with van der Waals surface area (Å²) in [5.74, 6) is -0.487. The molecule has 0 aliphatic rings. The Morgan fingerprint density at radius 3 is 2.71 bits per heavy atom. The molecule has 0 amide bonds. The molecule has 92 valence electrons. The second kappa shape index (κ2) is 5.64. The molecule has 0 aliphatic carbocycles. The van der Waals surface area contributed by atoms with E-state index in [1.54, 1.807) is 12.1 Å². The number of sulfone groups is 1. The molecule has 0 atom stereocenters. The van der Waals surface area contributed by atoms with Crippen molar-refractivity contribution in [3.8, 4) is 6.07 Å². The van der Waals surface area contributed by atoms with Crippen LogP contribution in [0.5, 0.6) is 0 Å². The highest BCUT2D eigenvalue weighted by molar-refractivity contribution is 7.90. The number of nitriles is 1. The van der Waals surface area contributed by atoms with Crippen LogP contribution >= 0.6 is 0 Å². The molecule has 0 heterocycles. The summed E-state index contributed by atoms with van der Waals surface area (Å²) >= 11 is 0. The molecule has 0 saturated carbocycles. The molecule has 4 nitrogen and oxygen atoms in total. The van der Waals surface area contributed by atoms with E-state index in [4.69, 9.17) is 5.26 Å². The van der Waals surface area contributed by atoms with Crippen LogP contribution < -0.4 is 5.32 Å². The van der Waals surface area contributed by atoms with Crippen molar-refractivity contribution in [3.05, 3.63) is 29.6 Å². The lowest BCUT2D eigenvalue weighted by atomic mass is 10.2. The molecule has 1 aromatic rings. The van der Waals surface area contributed by atoms with Crippen molar-refractivity contribution in [1.82, 2.24) is 0 Å². The zero-order valence-electron chi connectivity index (χ0n) is 9.40. The Balaban J connectivity index is 2.48. The summed E-state index contributed by atoms with van der Waals surface area (Å²) in [6.07, 6.45) is 1.63. The Morgan fingerprint density at radius 1 is 1.47 bits per heavy atom. The number of hydrogen-bond donors (Lipinski definition) is 1. The molecular formula is C11H13FN2O2S. The van der Waals surface area contributed by atoms with Gasteiger partial charge in [0.1, 0.15) is 21.7 Å². The van der Waals surface area contributed by atoms with Crippen LogP contribution in [-0.4, -0.2) is 27.0 Å². The molecule has 6 heteroatoms. The first-order chi connectivity index (χ1) is 7.92. The first-order valence-corrected chi connectivity index (χ1v) is 7.09. The summed E-state index contributed by atoms with van der Waals surface area (Å²) < 4.78 is 34.9. The maximum atomic E-state index is 13.2. The van der Waals surface area contributed by atoms with E-state index >= 15 is 0 Å². The molecule has 0 bridgehead atoms. The normalized spacial score (nSPS) is 10.9. The van der Waals surface area contributed by atoms with Gasteiger partial charge in [-0.2, -0.15) is 5.26 Å². The molecule has 17 heavy (non-hydrogen) atoms. The van der Waals surface area contributed by atoms with E-state index in [1.165, 1.54) is 18.4 Å². The molecule has 0 radical (unpaired) electrons. The molecule has 0 saturated heterocycles. The van der Waals surface area contributed by atoms with Gasteiger partial charge in [0.15, 0.2) is 0 Å². The Labute approximate surface area is 100.0 Å². The number of nitrogens with one attached hydrogen (secondary N) is 1. The van der Waals surface area contributed by atoms with Crippen LogP contribution in [0.1, 0.15) is 12.0 Å². The van der Waals surface area contributed by atoms with Crippen LogP contribution in [0.2, 0.25) is 0 Å². The third-order valence-electron chi connectivity index (χ3n) is 2.11. The first kappa shape index (κ1) is 13.5. The van der Waals surface area contributed by atoms with Gasteiger partial charge in [-0.25, -0.2) is 12.8 Å². The summed E-state index contributed by atoms with van der Waals surface area (Å²) in [6.45, 7) is 0.443. The van der Waals surface area contributed by atoms with Crippen LogP contribution in [0.15, 0.2) is 18.2 Å². The van der Waals surface area contributed by atoms with Gasteiger partial charge in [-0.1, -0.05) is 0 Å². The number of anilines is 1. The number of hydrogen-bond acceptors (Lipinski definition) is 4. The van der Waals surface area contributed by atoms with Crippen LogP contribution in [0.4, 0.5) is 10.1 Å². The van der Waals surface area contributed by atoms with Crippen molar-refractivity contribution in [2.45, 2.75) is 6.42 Å². The van der Waals surface area contributed by atoms with E-state index in [0.29, 0.717) is 18.7 Å². The predicted molar refractivity (Wildman–Crippen MR) is 63.9 cm³/mol. The van der Waals surface area contributed by atoms with E-state index in [0.717, 1.165) is 0 Å². The molecule has 0 fully saturated rings. The molecule has 0 aromatic heterocycles. The summed E-state index contributed by atoms with van der Waals surface area (Å²) in [5.41, 5.74) is 0.529. The highest BCUT2D eigenvalue weighted by Gasteiger charge is 2.03. The average Bonchev–Trinajstić information content (AvgIpc) is 2.23. The lowest BCUT2D eigenvalue weighted by molar-refractivity contribution is 0.599. The average molecular weight is 256 g/mol. The molecule has 1 N–H and O–H groups in total. The van der Waals surface area contributed by atoms with Gasteiger partial charge in [-0.3, -0.25) is 0 Å². The van der Waals surface area contributed by atoms with E-state index in [9.17, 15) is 12.8 Å². The Morgan fingerprint density at radius 2 is 2.18 bits per heavy atom. The SMILES string of the molecule is CS(=O)(=O)CCCNc1ccc(C#N)c(F)c1. The Bertz CT molecular complexity index is 535. The largest absolute Gasteiger partial charge is 0.385 e. The van der Waals surface area contributed by atoms with E-state index in [2.05, 4.69) is 5.32 Å². The maximum Gasteiger partial charge on any atom is 0.147 e. The zero-order chi connectivity index (χ0) is 12.9.